The van der Waals surface area contributed by atoms with Crippen LogP contribution in [0.1, 0.15) is 51.4 Å². The van der Waals surface area contributed by atoms with Crippen LogP contribution in [0.2, 0.25) is 0 Å². The van der Waals surface area contributed by atoms with E-state index in [2.05, 4.69) is 10.5 Å². The fourth-order valence-corrected chi connectivity index (χ4v) is 2.16. The van der Waals surface area contributed by atoms with E-state index in [1.54, 1.807) is 6.07 Å². The first-order valence-corrected chi connectivity index (χ1v) is 7.25. The van der Waals surface area contributed by atoms with Crippen LogP contribution in [-0.4, -0.2) is 11.1 Å². The lowest BCUT2D eigenvalue weighted by molar-refractivity contribution is -0.117. The second-order valence-corrected chi connectivity index (χ2v) is 6.19. The number of benzene rings is 1. The maximum absolute atomic E-state index is 12.4. The van der Waals surface area contributed by atoms with Gasteiger partial charge in [-0.1, -0.05) is 63.2 Å². The molecule has 0 saturated heterocycles. The quantitative estimate of drug-likeness (QED) is 0.920. The summed E-state index contributed by atoms with van der Waals surface area (Å²) < 4.78 is 5.28. The van der Waals surface area contributed by atoms with Crippen molar-refractivity contribution in [3.8, 4) is 0 Å². The maximum atomic E-state index is 12.4. The number of amides is 1. The Bertz CT molecular complexity index is 597. The van der Waals surface area contributed by atoms with Crippen molar-refractivity contribution in [3.05, 3.63) is 47.7 Å². The van der Waals surface area contributed by atoms with Crippen molar-refractivity contribution in [2.24, 2.45) is 0 Å². The monoisotopic (exact) mass is 286 g/mol. The van der Waals surface area contributed by atoms with Gasteiger partial charge in [-0.15, -0.1) is 0 Å². The predicted octanol–water partition coefficient (Wildman–Crippen LogP) is 4.10. The highest BCUT2D eigenvalue weighted by molar-refractivity contribution is 5.95. The molecular weight excluding hydrogens is 264 g/mol. The van der Waals surface area contributed by atoms with Gasteiger partial charge >= 0.3 is 0 Å². The summed E-state index contributed by atoms with van der Waals surface area (Å²) in [4.78, 5) is 12.4. The van der Waals surface area contributed by atoms with Crippen LogP contribution in [-0.2, 0) is 10.2 Å². The van der Waals surface area contributed by atoms with Crippen molar-refractivity contribution >= 4 is 11.7 Å². The first kappa shape index (κ1) is 15.3. The summed E-state index contributed by atoms with van der Waals surface area (Å²) >= 11 is 0. The van der Waals surface area contributed by atoms with E-state index in [9.17, 15) is 4.79 Å². The molecule has 0 radical (unpaired) electrons. The normalized spacial score (nSPS) is 13.0. The molecule has 0 saturated carbocycles. The van der Waals surface area contributed by atoms with Crippen LogP contribution in [0, 0.1) is 0 Å². The van der Waals surface area contributed by atoms with Crippen molar-refractivity contribution in [2.75, 3.05) is 5.32 Å². The Balaban J connectivity index is 2.11. The number of rotatable bonds is 4. The maximum Gasteiger partial charge on any atom is 0.233 e. The highest BCUT2D eigenvalue weighted by atomic mass is 16.5. The Hall–Kier alpha value is -2.10. The van der Waals surface area contributed by atoms with Crippen molar-refractivity contribution < 1.29 is 9.32 Å². The van der Waals surface area contributed by atoms with Crippen LogP contribution in [0.5, 0.6) is 0 Å². The van der Waals surface area contributed by atoms with Crippen LogP contribution in [0.4, 0.5) is 5.82 Å². The molecule has 2 rings (SSSR count). The highest BCUT2D eigenvalue weighted by Crippen LogP contribution is 2.26. The van der Waals surface area contributed by atoms with Gasteiger partial charge in [0.1, 0.15) is 5.76 Å². The summed E-state index contributed by atoms with van der Waals surface area (Å²) in [5.41, 5.74) is 0.886. The number of nitrogens with zero attached hydrogens (tertiary/aromatic N) is 1. The Morgan fingerprint density at radius 1 is 1.29 bits per heavy atom. The molecule has 0 aliphatic heterocycles. The largest absolute Gasteiger partial charge is 0.359 e. The van der Waals surface area contributed by atoms with Crippen LogP contribution >= 0.6 is 0 Å². The lowest BCUT2D eigenvalue weighted by Crippen LogP contribution is -2.20. The number of nitrogens with one attached hydrogen (secondary N) is 1. The molecule has 1 heterocycles. The molecule has 112 valence electrons. The zero-order valence-corrected chi connectivity index (χ0v) is 13.0. The van der Waals surface area contributed by atoms with Gasteiger partial charge in [0.25, 0.3) is 0 Å². The van der Waals surface area contributed by atoms with Crippen molar-refractivity contribution in [1.82, 2.24) is 5.16 Å². The molecule has 1 aromatic heterocycles. The van der Waals surface area contributed by atoms with Crippen molar-refractivity contribution in [2.45, 2.75) is 45.4 Å². The summed E-state index contributed by atoms with van der Waals surface area (Å²) in [6.07, 6.45) is 0.736. The van der Waals surface area contributed by atoms with E-state index in [0.717, 1.165) is 17.7 Å². The van der Waals surface area contributed by atoms with E-state index < -0.39 is 0 Å². The van der Waals surface area contributed by atoms with E-state index >= 15 is 0 Å². The van der Waals surface area contributed by atoms with E-state index in [0.29, 0.717) is 5.82 Å². The van der Waals surface area contributed by atoms with Crippen LogP contribution in [0.25, 0.3) is 0 Å². The Morgan fingerprint density at radius 3 is 2.48 bits per heavy atom. The molecule has 0 spiro atoms. The molecular formula is C17H22N2O2. The molecule has 1 unspecified atom stereocenters. The predicted molar refractivity (Wildman–Crippen MR) is 83.3 cm³/mol. The second-order valence-electron chi connectivity index (χ2n) is 6.19. The van der Waals surface area contributed by atoms with Gasteiger partial charge in [-0.2, -0.15) is 0 Å². The summed E-state index contributed by atoms with van der Waals surface area (Å²) in [7, 11) is 0. The molecule has 0 bridgehead atoms. The highest BCUT2D eigenvalue weighted by Gasteiger charge is 2.23. The molecule has 0 fully saturated rings. The topological polar surface area (TPSA) is 55.1 Å². The number of carbonyl (C=O) groups excluding carboxylic acids is 1. The summed E-state index contributed by atoms with van der Waals surface area (Å²) in [5.74, 6) is 0.989. The first-order chi connectivity index (χ1) is 9.91. The van der Waals surface area contributed by atoms with Crippen LogP contribution in [0.15, 0.2) is 40.9 Å². The van der Waals surface area contributed by atoms with E-state index in [1.165, 1.54) is 0 Å². The Labute approximate surface area is 125 Å². The Kier molecular flexibility index (Phi) is 4.46. The third-order valence-corrected chi connectivity index (χ3v) is 3.43. The third-order valence-electron chi connectivity index (χ3n) is 3.43. The van der Waals surface area contributed by atoms with Gasteiger partial charge in [-0.25, -0.2) is 0 Å². The van der Waals surface area contributed by atoms with Gasteiger partial charge in [0.15, 0.2) is 5.82 Å². The van der Waals surface area contributed by atoms with Gasteiger partial charge < -0.3 is 9.84 Å². The molecule has 1 N–H and O–H groups in total. The van der Waals surface area contributed by atoms with Crippen molar-refractivity contribution in [1.29, 1.82) is 0 Å². The van der Waals surface area contributed by atoms with Crippen molar-refractivity contribution in [3.63, 3.8) is 0 Å². The number of aromatic nitrogens is 1. The fraction of sp³-hybridized carbons (Fsp3) is 0.412. The molecule has 21 heavy (non-hydrogen) atoms. The van der Waals surface area contributed by atoms with E-state index in [1.807, 2.05) is 58.0 Å². The standard InChI is InChI=1S/C17H22N2O2/c1-5-13(12-9-7-6-8-10-12)16(20)18-15-11-14(21-19-15)17(2,3)4/h6-11,13H,5H2,1-4H3,(H,18,19,20). The average Bonchev–Trinajstić information content (AvgIpc) is 2.89. The minimum atomic E-state index is -0.180. The molecule has 4 nitrogen and oxygen atoms in total. The molecule has 0 aliphatic rings. The lowest BCUT2D eigenvalue weighted by atomic mass is 9.93. The van der Waals surface area contributed by atoms with E-state index in [4.69, 9.17) is 4.52 Å². The van der Waals surface area contributed by atoms with Gasteiger partial charge in [0.05, 0.1) is 5.92 Å². The number of hydrogen-bond donors (Lipinski definition) is 1. The second kappa shape index (κ2) is 6.12. The summed E-state index contributed by atoms with van der Waals surface area (Å²) in [6.45, 7) is 8.12. The third kappa shape index (κ3) is 3.72. The number of hydrogen-bond acceptors (Lipinski definition) is 3. The van der Waals surface area contributed by atoms with Crippen LogP contribution in [0.3, 0.4) is 0 Å². The smallest absolute Gasteiger partial charge is 0.233 e. The number of carbonyl (C=O) groups is 1. The molecule has 1 aromatic carbocycles. The minimum absolute atomic E-state index is 0.0579. The number of anilines is 1. The lowest BCUT2D eigenvalue weighted by Gasteiger charge is -2.14. The SMILES string of the molecule is CCC(C(=O)Nc1cc(C(C)(C)C)on1)c1ccccc1. The fourth-order valence-electron chi connectivity index (χ4n) is 2.16. The summed E-state index contributed by atoms with van der Waals surface area (Å²) in [6, 6.07) is 11.6. The van der Waals surface area contributed by atoms with E-state index in [-0.39, 0.29) is 17.2 Å². The zero-order chi connectivity index (χ0) is 15.5. The zero-order valence-electron chi connectivity index (χ0n) is 13.0. The van der Waals surface area contributed by atoms with Gasteiger partial charge in [-0.05, 0) is 12.0 Å². The molecule has 0 aliphatic carbocycles. The minimum Gasteiger partial charge on any atom is -0.359 e. The van der Waals surface area contributed by atoms with Crippen LogP contribution < -0.4 is 5.32 Å². The van der Waals surface area contributed by atoms with Gasteiger partial charge in [-0.3, -0.25) is 4.79 Å². The van der Waals surface area contributed by atoms with Gasteiger partial charge in [0, 0.05) is 11.5 Å². The first-order valence-electron chi connectivity index (χ1n) is 7.25. The molecule has 1 amide bonds. The Morgan fingerprint density at radius 2 is 1.95 bits per heavy atom. The molecule has 1 atom stereocenters. The van der Waals surface area contributed by atoms with Gasteiger partial charge in [0.2, 0.25) is 5.91 Å². The average molecular weight is 286 g/mol. The molecule has 2 aromatic rings. The molecule has 4 heteroatoms. The summed E-state index contributed by atoms with van der Waals surface area (Å²) in [5, 5.41) is 6.77.